The van der Waals surface area contributed by atoms with E-state index in [1.165, 1.54) is 12.1 Å². The molecule has 0 bridgehead atoms. The van der Waals surface area contributed by atoms with Gasteiger partial charge in [0, 0.05) is 23.0 Å². The molecule has 0 fully saturated rings. The molecule has 0 aliphatic carbocycles. The molecule has 1 aromatic heterocycles. The van der Waals surface area contributed by atoms with Crippen LogP contribution in [0.15, 0.2) is 66.7 Å². The highest BCUT2D eigenvalue weighted by Crippen LogP contribution is 2.33. The van der Waals surface area contributed by atoms with Gasteiger partial charge in [-0.05, 0) is 66.6 Å². The third-order valence-electron chi connectivity index (χ3n) is 5.34. The number of aromatic nitrogens is 1. The maximum absolute atomic E-state index is 14.0. The van der Waals surface area contributed by atoms with Gasteiger partial charge < -0.3 is 19.1 Å². The van der Waals surface area contributed by atoms with Crippen molar-refractivity contribution >= 4 is 16.9 Å². The molecule has 0 amide bonds. The normalized spacial score (nSPS) is 10.9. The van der Waals surface area contributed by atoms with E-state index < -0.39 is 5.97 Å². The van der Waals surface area contributed by atoms with Crippen molar-refractivity contribution in [2.24, 2.45) is 0 Å². The Bertz CT molecular complexity index is 1240. The number of rotatable bonds is 7. The number of para-hydroxylation sites is 1. The van der Waals surface area contributed by atoms with E-state index in [-0.39, 0.29) is 12.4 Å². The summed E-state index contributed by atoms with van der Waals surface area (Å²) in [7, 11) is 1.61. The zero-order chi connectivity index (χ0) is 22.0. The molecule has 6 heteroatoms. The van der Waals surface area contributed by atoms with Crippen molar-refractivity contribution in [2.45, 2.75) is 19.9 Å². The molecule has 0 atom stereocenters. The van der Waals surface area contributed by atoms with E-state index in [0.29, 0.717) is 28.8 Å². The Kier molecular flexibility index (Phi) is 5.62. The number of nitrogens with zero attached hydrogens (tertiary/aromatic N) is 1. The molecule has 0 saturated heterocycles. The molecule has 3 aromatic carbocycles. The number of ether oxygens (including phenoxy) is 2. The van der Waals surface area contributed by atoms with Crippen LogP contribution in [-0.2, 0) is 17.8 Å². The van der Waals surface area contributed by atoms with Crippen LogP contribution in [0, 0.1) is 12.7 Å². The van der Waals surface area contributed by atoms with Gasteiger partial charge in [-0.15, -0.1) is 0 Å². The highest BCUT2D eigenvalue weighted by molar-refractivity contribution is 5.87. The first-order chi connectivity index (χ1) is 15.0. The number of fused-ring (bicyclic) bond motifs is 1. The number of hydrogen-bond donors (Lipinski definition) is 1. The van der Waals surface area contributed by atoms with Gasteiger partial charge in [-0.25, -0.2) is 4.39 Å². The van der Waals surface area contributed by atoms with E-state index in [2.05, 4.69) is 0 Å². The fraction of sp³-hybridized carbons (Fsp3) is 0.160. The second-order valence-corrected chi connectivity index (χ2v) is 7.27. The Labute approximate surface area is 179 Å². The van der Waals surface area contributed by atoms with Crippen LogP contribution in [-0.4, -0.2) is 22.8 Å². The maximum Gasteiger partial charge on any atom is 0.323 e. The third-order valence-corrected chi connectivity index (χ3v) is 5.34. The van der Waals surface area contributed by atoms with Crippen molar-refractivity contribution in [3.8, 4) is 17.2 Å². The van der Waals surface area contributed by atoms with Gasteiger partial charge in [-0.1, -0.05) is 18.2 Å². The highest BCUT2D eigenvalue weighted by Gasteiger charge is 2.18. The molecule has 0 aliphatic heterocycles. The second kappa shape index (κ2) is 8.52. The highest BCUT2D eigenvalue weighted by atomic mass is 19.1. The summed E-state index contributed by atoms with van der Waals surface area (Å²) in [5.41, 5.74) is 3.29. The lowest BCUT2D eigenvalue weighted by Crippen LogP contribution is -2.10. The first kappa shape index (κ1) is 20.5. The van der Waals surface area contributed by atoms with Crippen LogP contribution in [0.2, 0.25) is 0 Å². The van der Waals surface area contributed by atoms with Crippen molar-refractivity contribution in [1.82, 2.24) is 4.57 Å². The summed E-state index contributed by atoms with van der Waals surface area (Å²) in [6, 6.07) is 19.4. The van der Waals surface area contributed by atoms with Gasteiger partial charge in [0.2, 0.25) is 0 Å². The fourth-order valence-electron chi connectivity index (χ4n) is 3.80. The first-order valence-electron chi connectivity index (χ1n) is 9.85. The summed E-state index contributed by atoms with van der Waals surface area (Å²) >= 11 is 0. The molecule has 1 N–H and O–H groups in total. The Balaban J connectivity index is 1.73. The van der Waals surface area contributed by atoms with Crippen LogP contribution in [0.3, 0.4) is 0 Å². The van der Waals surface area contributed by atoms with Gasteiger partial charge in [0.15, 0.2) is 0 Å². The minimum absolute atomic E-state index is 0.183. The Morgan fingerprint density at radius 2 is 1.74 bits per heavy atom. The minimum Gasteiger partial charge on any atom is -0.497 e. The number of aliphatic carboxylic acids is 1. The number of halogens is 1. The molecule has 1 heterocycles. The predicted molar refractivity (Wildman–Crippen MR) is 117 cm³/mol. The zero-order valence-corrected chi connectivity index (χ0v) is 17.3. The maximum atomic E-state index is 14.0. The molecule has 4 rings (SSSR count). The average molecular weight is 419 g/mol. The van der Waals surface area contributed by atoms with Crippen LogP contribution >= 0.6 is 0 Å². The number of methoxy groups -OCH3 is 1. The molecule has 0 radical (unpaired) electrons. The molecule has 0 saturated carbocycles. The van der Waals surface area contributed by atoms with E-state index in [4.69, 9.17) is 9.47 Å². The Hall–Kier alpha value is -3.80. The van der Waals surface area contributed by atoms with Crippen LogP contribution in [0.5, 0.6) is 17.2 Å². The van der Waals surface area contributed by atoms with Crippen molar-refractivity contribution in [1.29, 1.82) is 0 Å². The molecular weight excluding hydrogens is 397 g/mol. The average Bonchev–Trinajstić information content (AvgIpc) is 3.00. The van der Waals surface area contributed by atoms with Crippen molar-refractivity contribution in [3.63, 3.8) is 0 Å². The van der Waals surface area contributed by atoms with E-state index in [1.54, 1.807) is 17.7 Å². The molecule has 5 nitrogen and oxygen atoms in total. The van der Waals surface area contributed by atoms with Crippen LogP contribution < -0.4 is 9.47 Å². The lowest BCUT2D eigenvalue weighted by Gasteiger charge is -2.12. The van der Waals surface area contributed by atoms with Gasteiger partial charge in [-0.3, -0.25) is 4.79 Å². The standard InChI is InChI=1S/C25H22FNO4/c1-16-21(22-14-18(26)7-12-23(22)27(16)15-25(28)29)13-17-5-3-4-6-24(17)31-20-10-8-19(30-2)9-11-20/h3-12,14H,13,15H2,1-2H3,(H,28,29). The SMILES string of the molecule is COc1ccc(Oc2ccccc2Cc2c(C)n(CC(=O)O)c3ccc(F)cc23)cc1. The van der Waals surface area contributed by atoms with Crippen LogP contribution in [0.1, 0.15) is 16.8 Å². The monoisotopic (exact) mass is 419 g/mol. The van der Waals surface area contributed by atoms with E-state index in [1.807, 2.05) is 55.5 Å². The number of hydrogen-bond acceptors (Lipinski definition) is 3. The largest absolute Gasteiger partial charge is 0.497 e. The Morgan fingerprint density at radius 3 is 2.45 bits per heavy atom. The first-order valence-corrected chi connectivity index (χ1v) is 9.85. The molecule has 0 unspecified atom stereocenters. The lowest BCUT2D eigenvalue weighted by molar-refractivity contribution is -0.137. The van der Waals surface area contributed by atoms with Gasteiger partial charge >= 0.3 is 5.97 Å². The summed E-state index contributed by atoms with van der Waals surface area (Å²) in [6.07, 6.45) is 0.477. The summed E-state index contributed by atoms with van der Waals surface area (Å²) in [4.78, 5) is 11.4. The third kappa shape index (κ3) is 4.23. The molecule has 158 valence electrons. The van der Waals surface area contributed by atoms with E-state index in [0.717, 1.165) is 22.6 Å². The molecule has 4 aromatic rings. The van der Waals surface area contributed by atoms with Crippen molar-refractivity contribution in [2.75, 3.05) is 7.11 Å². The van der Waals surface area contributed by atoms with Gasteiger partial charge in [0.1, 0.15) is 29.6 Å². The summed E-state index contributed by atoms with van der Waals surface area (Å²) < 4.78 is 27.0. The molecular formula is C25H22FNO4. The zero-order valence-electron chi connectivity index (χ0n) is 17.3. The smallest absolute Gasteiger partial charge is 0.323 e. The van der Waals surface area contributed by atoms with Crippen molar-refractivity contribution < 1.29 is 23.8 Å². The quantitative estimate of drug-likeness (QED) is 0.426. The van der Waals surface area contributed by atoms with E-state index in [9.17, 15) is 14.3 Å². The van der Waals surface area contributed by atoms with Gasteiger partial charge in [0.25, 0.3) is 0 Å². The van der Waals surface area contributed by atoms with E-state index >= 15 is 0 Å². The number of benzene rings is 3. The molecule has 31 heavy (non-hydrogen) atoms. The fourth-order valence-corrected chi connectivity index (χ4v) is 3.80. The summed E-state index contributed by atoms with van der Waals surface area (Å²) in [5, 5.41) is 10.0. The minimum atomic E-state index is -0.945. The Morgan fingerprint density at radius 1 is 1.03 bits per heavy atom. The lowest BCUT2D eigenvalue weighted by atomic mass is 10.0. The number of carboxylic acid groups (broad SMARTS) is 1. The topological polar surface area (TPSA) is 60.7 Å². The van der Waals surface area contributed by atoms with Crippen molar-refractivity contribution in [3.05, 3.63) is 89.4 Å². The van der Waals surface area contributed by atoms with Gasteiger partial charge in [-0.2, -0.15) is 0 Å². The molecule has 0 spiro atoms. The number of carbonyl (C=O) groups is 1. The summed E-state index contributed by atoms with van der Waals surface area (Å²) in [5.74, 6) is 0.791. The molecule has 0 aliphatic rings. The summed E-state index contributed by atoms with van der Waals surface area (Å²) in [6.45, 7) is 1.68. The number of carboxylic acids is 1. The second-order valence-electron chi connectivity index (χ2n) is 7.27. The van der Waals surface area contributed by atoms with Gasteiger partial charge in [0.05, 0.1) is 7.11 Å². The van der Waals surface area contributed by atoms with Crippen LogP contribution in [0.25, 0.3) is 10.9 Å². The predicted octanol–water partition coefficient (Wildman–Crippen LogP) is 5.57. The van der Waals surface area contributed by atoms with Crippen LogP contribution in [0.4, 0.5) is 4.39 Å².